The number of Topliss-reactive ketones (excluding diaryl/α,β-unsaturated/α-hetero) is 2. The summed E-state index contributed by atoms with van der Waals surface area (Å²) < 4.78 is 0. The van der Waals surface area contributed by atoms with Crippen molar-refractivity contribution < 1.29 is 29.7 Å². The number of benzene rings is 1. The normalized spacial score (nSPS) is 31.5. The van der Waals surface area contributed by atoms with Gasteiger partial charge in [-0.2, -0.15) is 0 Å². The molecule has 3 aliphatic rings. The van der Waals surface area contributed by atoms with Crippen molar-refractivity contribution in [2.75, 3.05) is 20.7 Å². The highest BCUT2D eigenvalue weighted by molar-refractivity contribution is 6.24. The van der Waals surface area contributed by atoms with Gasteiger partial charge in [0.05, 0.1) is 24.2 Å². The van der Waals surface area contributed by atoms with Crippen LogP contribution >= 0.6 is 0 Å². The van der Waals surface area contributed by atoms with Crippen molar-refractivity contribution in [3.63, 3.8) is 0 Å². The summed E-state index contributed by atoms with van der Waals surface area (Å²) in [5.74, 6) is -4.82. The van der Waals surface area contributed by atoms with E-state index in [1.165, 1.54) is 0 Å². The van der Waals surface area contributed by atoms with Crippen LogP contribution in [0.3, 0.4) is 0 Å². The summed E-state index contributed by atoms with van der Waals surface area (Å²) in [7, 11) is 3.25. The van der Waals surface area contributed by atoms with Gasteiger partial charge >= 0.3 is 0 Å². The first kappa shape index (κ1) is 23.1. The molecule has 8 heteroatoms. The number of ketones is 2. The Kier molecular flexibility index (Phi) is 5.24. The molecule has 0 aliphatic heterocycles. The first-order valence-electron chi connectivity index (χ1n) is 10.7. The second-order valence-electron chi connectivity index (χ2n) is 9.38. The molecule has 0 spiro atoms. The molecule has 0 saturated heterocycles. The molecule has 0 fully saturated rings. The molecule has 0 radical (unpaired) electrons. The standard InChI is InChI=1S/C25H28N2O6/c1-10-7-6-8-13-11(2)15-16(20(29)14(10)13)12(3)25(9-28)18(21(15)30)19(27(4)5)22(31)17(23(25)32)24(26)33/h6-8,15,18-19,21,28,30-31H,2,9H2,1,3-5H3,(H2,26,33)/t15-,18-,19+,21+,25?/m1/s1. The van der Waals surface area contributed by atoms with Crippen LogP contribution in [0.1, 0.15) is 28.4 Å². The molecule has 174 valence electrons. The molecule has 1 amide bonds. The van der Waals surface area contributed by atoms with Gasteiger partial charge in [-0.25, -0.2) is 0 Å². The van der Waals surface area contributed by atoms with Crippen molar-refractivity contribution in [1.29, 1.82) is 0 Å². The average Bonchev–Trinajstić information content (AvgIpc) is 2.73. The third-order valence-corrected chi connectivity index (χ3v) is 7.69. The number of fused-ring (bicyclic) bond motifs is 3. The number of primary amides is 1. The third-order valence-electron chi connectivity index (χ3n) is 7.69. The van der Waals surface area contributed by atoms with Crippen molar-refractivity contribution in [1.82, 2.24) is 4.90 Å². The highest BCUT2D eigenvalue weighted by Gasteiger charge is 2.65. The molecule has 8 nitrogen and oxygen atoms in total. The fraction of sp³-hybridized carbons (Fsp3) is 0.400. The Bertz CT molecular complexity index is 1190. The summed E-state index contributed by atoms with van der Waals surface area (Å²) in [6.07, 6.45) is -1.35. The topological polar surface area (TPSA) is 141 Å². The van der Waals surface area contributed by atoms with Crippen molar-refractivity contribution in [3.05, 3.63) is 63.9 Å². The largest absolute Gasteiger partial charge is 0.510 e. The Morgan fingerprint density at radius 2 is 1.88 bits per heavy atom. The lowest BCUT2D eigenvalue weighted by atomic mass is 9.49. The molecule has 4 rings (SSSR count). The number of nitrogens with zero attached hydrogens (tertiary/aromatic N) is 1. The van der Waals surface area contributed by atoms with E-state index >= 15 is 0 Å². The molecule has 1 unspecified atom stereocenters. The van der Waals surface area contributed by atoms with Crippen LogP contribution in [-0.2, 0) is 9.59 Å². The zero-order chi connectivity index (χ0) is 24.6. The number of aliphatic hydroxyl groups is 3. The summed E-state index contributed by atoms with van der Waals surface area (Å²) >= 11 is 0. The SMILES string of the molecule is C=C1c2cccc(C)c2C(=O)C2=C(C)C3(CO)C(=O)C(C(N)=O)=C(O)[C@@H](N(C)C)[C@@H]3[C@@H](O)[C@H]12. The maximum absolute atomic E-state index is 13.7. The van der Waals surface area contributed by atoms with Gasteiger partial charge in [0.1, 0.15) is 11.3 Å². The minimum absolute atomic E-state index is 0.190. The third kappa shape index (κ3) is 2.71. The van der Waals surface area contributed by atoms with Gasteiger partial charge in [-0.3, -0.25) is 19.3 Å². The van der Waals surface area contributed by atoms with Crippen LogP contribution < -0.4 is 5.73 Å². The Hall–Kier alpha value is -3.07. The van der Waals surface area contributed by atoms with Gasteiger partial charge in [-0.15, -0.1) is 0 Å². The van der Waals surface area contributed by atoms with E-state index in [4.69, 9.17) is 5.73 Å². The molecule has 3 aliphatic carbocycles. The average molecular weight is 453 g/mol. The molecule has 5 N–H and O–H groups in total. The first-order valence-corrected chi connectivity index (χ1v) is 10.7. The van der Waals surface area contributed by atoms with E-state index in [2.05, 4.69) is 6.58 Å². The monoisotopic (exact) mass is 452 g/mol. The highest BCUT2D eigenvalue weighted by Crippen LogP contribution is 2.58. The summed E-state index contributed by atoms with van der Waals surface area (Å²) in [5, 5.41) is 33.2. The van der Waals surface area contributed by atoms with Crippen molar-refractivity contribution >= 4 is 23.0 Å². The molecule has 1 aromatic rings. The number of nitrogens with two attached hydrogens (primary N) is 1. The molecular weight excluding hydrogens is 424 g/mol. The lowest BCUT2D eigenvalue weighted by molar-refractivity contribution is -0.142. The predicted octanol–water partition coefficient (Wildman–Crippen LogP) is 0.917. The summed E-state index contributed by atoms with van der Waals surface area (Å²) in [4.78, 5) is 41.2. The summed E-state index contributed by atoms with van der Waals surface area (Å²) in [6, 6.07) is 4.37. The zero-order valence-corrected chi connectivity index (χ0v) is 19.0. The van der Waals surface area contributed by atoms with Crippen molar-refractivity contribution in [3.8, 4) is 0 Å². The number of hydrogen-bond acceptors (Lipinski definition) is 7. The fourth-order valence-corrected chi connectivity index (χ4v) is 6.16. The molecule has 33 heavy (non-hydrogen) atoms. The van der Waals surface area contributed by atoms with Crippen LogP contribution in [-0.4, -0.2) is 70.5 Å². The molecule has 0 heterocycles. The van der Waals surface area contributed by atoms with Crippen LogP contribution in [0, 0.1) is 24.2 Å². The van der Waals surface area contributed by atoms with Gasteiger partial charge in [-0.1, -0.05) is 24.8 Å². The number of hydrogen-bond donors (Lipinski definition) is 4. The quantitative estimate of drug-likeness (QED) is 0.500. The van der Waals surface area contributed by atoms with E-state index in [9.17, 15) is 29.7 Å². The number of rotatable bonds is 3. The smallest absolute Gasteiger partial charge is 0.255 e. The molecule has 1 aromatic carbocycles. The Balaban J connectivity index is 2.11. The second kappa shape index (κ2) is 7.48. The minimum atomic E-state index is -1.81. The van der Waals surface area contributed by atoms with Crippen molar-refractivity contribution in [2.45, 2.75) is 26.0 Å². The summed E-state index contributed by atoms with van der Waals surface area (Å²) in [5.41, 5.74) is 5.78. The number of carbonyl (C=O) groups excluding carboxylic acids is 3. The predicted molar refractivity (Wildman–Crippen MR) is 121 cm³/mol. The first-order chi connectivity index (χ1) is 15.4. The Morgan fingerprint density at radius 1 is 1.24 bits per heavy atom. The van der Waals surface area contributed by atoms with E-state index < -0.39 is 59.0 Å². The fourth-order valence-electron chi connectivity index (χ4n) is 6.16. The Labute approximate surface area is 191 Å². The number of likely N-dealkylation sites (N-methyl/N-ethyl adjacent to an activating group) is 1. The second-order valence-corrected chi connectivity index (χ2v) is 9.38. The lowest BCUT2D eigenvalue weighted by Gasteiger charge is -2.55. The van der Waals surface area contributed by atoms with Gasteiger partial charge < -0.3 is 21.1 Å². The number of carbonyl (C=O) groups is 3. The van der Waals surface area contributed by atoms with E-state index in [1.807, 2.05) is 6.07 Å². The van der Waals surface area contributed by atoms with Crippen LogP contribution in [0.4, 0.5) is 0 Å². The van der Waals surface area contributed by atoms with E-state index in [-0.39, 0.29) is 16.9 Å². The van der Waals surface area contributed by atoms with Gasteiger partial charge in [0.15, 0.2) is 11.6 Å². The van der Waals surface area contributed by atoms with E-state index in [0.717, 1.165) is 5.56 Å². The molecule has 0 bridgehead atoms. The molecule has 0 aromatic heterocycles. The van der Waals surface area contributed by atoms with Gasteiger partial charge in [0.25, 0.3) is 5.91 Å². The van der Waals surface area contributed by atoms with Gasteiger partial charge in [-0.05, 0) is 50.2 Å². The van der Waals surface area contributed by atoms with E-state index in [0.29, 0.717) is 16.7 Å². The van der Waals surface area contributed by atoms with Gasteiger partial charge in [0, 0.05) is 23.0 Å². The molecular formula is C25H28N2O6. The molecule has 5 atom stereocenters. The zero-order valence-electron chi connectivity index (χ0n) is 19.0. The lowest BCUT2D eigenvalue weighted by Crippen LogP contribution is -2.65. The van der Waals surface area contributed by atoms with Crippen molar-refractivity contribution in [2.24, 2.45) is 23.0 Å². The Morgan fingerprint density at radius 3 is 2.42 bits per heavy atom. The minimum Gasteiger partial charge on any atom is -0.510 e. The van der Waals surface area contributed by atoms with Crippen LogP contribution in [0.5, 0.6) is 0 Å². The molecule has 0 saturated carbocycles. The number of aryl methyl sites for hydroxylation is 1. The highest BCUT2D eigenvalue weighted by atomic mass is 16.3. The summed E-state index contributed by atoms with van der Waals surface area (Å²) in [6.45, 7) is 6.77. The number of aliphatic hydroxyl groups excluding tert-OH is 3. The van der Waals surface area contributed by atoms with E-state index in [1.54, 1.807) is 45.0 Å². The maximum atomic E-state index is 13.7. The van der Waals surface area contributed by atoms with Crippen LogP contribution in [0.2, 0.25) is 0 Å². The number of amides is 1. The van der Waals surface area contributed by atoms with Crippen LogP contribution in [0.25, 0.3) is 5.57 Å². The van der Waals surface area contributed by atoms with Gasteiger partial charge in [0.2, 0.25) is 0 Å². The maximum Gasteiger partial charge on any atom is 0.255 e. The van der Waals surface area contributed by atoms with Crippen LogP contribution in [0.15, 0.2) is 47.3 Å².